The number of hydrogen-bond acceptors (Lipinski definition) is 3. The van der Waals surface area contributed by atoms with Crippen molar-refractivity contribution in [2.24, 2.45) is 0 Å². The van der Waals surface area contributed by atoms with Gasteiger partial charge in [-0.3, -0.25) is 4.68 Å². The van der Waals surface area contributed by atoms with E-state index in [-0.39, 0.29) is 11.8 Å². The van der Waals surface area contributed by atoms with Crippen LogP contribution < -0.4 is 0 Å². The van der Waals surface area contributed by atoms with Crippen molar-refractivity contribution in [1.82, 2.24) is 9.78 Å². The fourth-order valence-corrected chi connectivity index (χ4v) is 4.37. The van der Waals surface area contributed by atoms with Crippen molar-refractivity contribution in [3.8, 4) is 0 Å². The van der Waals surface area contributed by atoms with E-state index in [0.717, 1.165) is 23.0 Å². The first kappa shape index (κ1) is 12.1. The molecule has 1 aromatic heterocycles. The molecule has 1 aliphatic heterocycles. The molecule has 2 heterocycles. The summed E-state index contributed by atoms with van der Waals surface area (Å²) in [7, 11) is -2.84. The molecule has 1 unspecified atom stereocenters. The lowest BCUT2D eigenvalue weighted by atomic mass is 10.2. The van der Waals surface area contributed by atoms with Crippen molar-refractivity contribution in [2.75, 3.05) is 11.5 Å². The minimum absolute atomic E-state index is 0.0350. The van der Waals surface area contributed by atoms with E-state index in [2.05, 4.69) is 28.0 Å². The molecule has 1 atom stereocenters. The lowest BCUT2D eigenvalue weighted by Gasteiger charge is -2.12. The maximum Gasteiger partial charge on any atom is 0.152 e. The van der Waals surface area contributed by atoms with E-state index >= 15 is 0 Å². The molecule has 0 aliphatic carbocycles. The summed E-state index contributed by atoms with van der Waals surface area (Å²) in [6, 6.07) is 0.0350. The number of alkyl halides is 1. The first-order chi connectivity index (χ1) is 7.57. The molecule has 1 aliphatic rings. The van der Waals surface area contributed by atoms with Crippen LogP contribution in [0.2, 0.25) is 0 Å². The van der Waals surface area contributed by atoms with E-state index in [1.807, 2.05) is 10.9 Å². The van der Waals surface area contributed by atoms with Gasteiger partial charge in [-0.05, 0) is 12.8 Å². The highest BCUT2D eigenvalue weighted by molar-refractivity contribution is 9.08. The molecule has 16 heavy (non-hydrogen) atoms. The third kappa shape index (κ3) is 2.18. The second kappa shape index (κ2) is 4.49. The zero-order valence-corrected chi connectivity index (χ0v) is 11.6. The molecule has 0 N–H and O–H groups in total. The molecule has 0 aromatic carbocycles. The van der Waals surface area contributed by atoms with Crippen LogP contribution in [0.25, 0.3) is 0 Å². The second-order valence-electron chi connectivity index (χ2n) is 4.11. The molecule has 0 saturated carbocycles. The van der Waals surface area contributed by atoms with Crippen molar-refractivity contribution in [3.05, 3.63) is 17.5 Å². The molecule has 0 bridgehead atoms. The number of rotatable bonds is 3. The fourth-order valence-electron chi connectivity index (χ4n) is 2.21. The van der Waals surface area contributed by atoms with Gasteiger partial charge in [-0.15, -0.1) is 0 Å². The lowest BCUT2D eigenvalue weighted by Crippen LogP contribution is -2.15. The van der Waals surface area contributed by atoms with Crippen molar-refractivity contribution in [2.45, 2.75) is 31.1 Å². The van der Waals surface area contributed by atoms with Crippen LogP contribution in [0.4, 0.5) is 0 Å². The Morgan fingerprint density at radius 3 is 2.88 bits per heavy atom. The van der Waals surface area contributed by atoms with E-state index in [1.165, 1.54) is 0 Å². The maximum absolute atomic E-state index is 11.4. The summed E-state index contributed by atoms with van der Waals surface area (Å²) in [6.07, 6.45) is 3.41. The molecule has 1 fully saturated rings. The number of halogens is 1. The topological polar surface area (TPSA) is 52.0 Å². The summed E-state index contributed by atoms with van der Waals surface area (Å²) in [5, 5.41) is 5.10. The van der Waals surface area contributed by atoms with Crippen LogP contribution in [0.1, 0.15) is 30.6 Å². The number of sulfone groups is 1. The average Bonchev–Trinajstić information content (AvgIpc) is 2.80. The predicted molar refractivity (Wildman–Crippen MR) is 66.5 cm³/mol. The Morgan fingerprint density at radius 1 is 1.62 bits per heavy atom. The van der Waals surface area contributed by atoms with Crippen LogP contribution in [0.15, 0.2) is 6.20 Å². The Bertz CT molecular complexity index is 481. The second-order valence-corrected chi connectivity index (χ2v) is 6.89. The van der Waals surface area contributed by atoms with Gasteiger partial charge in [0.2, 0.25) is 0 Å². The summed E-state index contributed by atoms with van der Waals surface area (Å²) in [6.45, 7) is 2.07. The van der Waals surface area contributed by atoms with Crippen molar-refractivity contribution in [1.29, 1.82) is 0 Å². The third-order valence-electron chi connectivity index (χ3n) is 3.02. The lowest BCUT2D eigenvalue weighted by molar-refractivity contribution is 0.481. The van der Waals surface area contributed by atoms with E-state index in [1.54, 1.807) is 0 Å². The first-order valence-electron chi connectivity index (χ1n) is 5.39. The maximum atomic E-state index is 11.4. The minimum atomic E-state index is -2.84. The quantitative estimate of drug-likeness (QED) is 0.799. The summed E-state index contributed by atoms with van der Waals surface area (Å²) >= 11 is 3.42. The minimum Gasteiger partial charge on any atom is -0.265 e. The van der Waals surface area contributed by atoms with Gasteiger partial charge in [0.25, 0.3) is 0 Å². The Balaban J connectivity index is 2.31. The molecule has 0 amide bonds. The Hall–Kier alpha value is -0.360. The largest absolute Gasteiger partial charge is 0.265 e. The summed E-state index contributed by atoms with van der Waals surface area (Å²) in [5.74, 6) is 0.535. The Kier molecular flexibility index (Phi) is 3.39. The van der Waals surface area contributed by atoms with Crippen molar-refractivity contribution < 1.29 is 8.42 Å². The number of hydrogen-bond donors (Lipinski definition) is 0. The van der Waals surface area contributed by atoms with Gasteiger partial charge < -0.3 is 0 Å². The first-order valence-corrected chi connectivity index (χ1v) is 8.33. The molecule has 2 rings (SSSR count). The number of aromatic nitrogens is 2. The van der Waals surface area contributed by atoms with E-state index < -0.39 is 9.84 Å². The van der Waals surface area contributed by atoms with Gasteiger partial charge in [-0.1, -0.05) is 22.9 Å². The highest BCUT2D eigenvalue weighted by atomic mass is 79.9. The molecule has 4 nitrogen and oxygen atoms in total. The van der Waals surface area contributed by atoms with E-state index in [9.17, 15) is 8.42 Å². The van der Waals surface area contributed by atoms with Crippen molar-refractivity contribution in [3.63, 3.8) is 0 Å². The van der Waals surface area contributed by atoms with Gasteiger partial charge in [-0.25, -0.2) is 8.42 Å². The standard InChI is InChI=1S/C10H15BrN2O2S/c1-2-10-8(5-11)6-12-13(10)9-3-4-16(14,15)7-9/h6,9H,2-5,7H2,1H3. The molecule has 0 radical (unpaired) electrons. The zero-order chi connectivity index (χ0) is 11.8. The summed E-state index contributed by atoms with van der Waals surface area (Å²) in [4.78, 5) is 0. The molecule has 1 saturated heterocycles. The highest BCUT2D eigenvalue weighted by Gasteiger charge is 2.31. The highest BCUT2D eigenvalue weighted by Crippen LogP contribution is 2.26. The Morgan fingerprint density at radius 2 is 2.38 bits per heavy atom. The fraction of sp³-hybridized carbons (Fsp3) is 0.700. The molecule has 1 aromatic rings. The van der Waals surface area contributed by atoms with Crippen LogP contribution >= 0.6 is 15.9 Å². The summed E-state index contributed by atoms with van der Waals surface area (Å²) in [5.41, 5.74) is 2.31. The van der Waals surface area contributed by atoms with Crippen LogP contribution in [0.3, 0.4) is 0 Å². The molecular formula is C10H15BrN2O2S. The third-order valence-corrected chi connectivity index (χ3v) is 5.37. The monoisotopic (exact) mass is 306 g/mol. The zero-order valence-electron chi connectivity index (χ0n) is 9.19. The van der Waals surface area contributed by atoms with Crippen LogP contribution in [-0.4, -0.2) is 29.7 Å². The van der Waals surface area contributed by atoms with Gasteiger partial charge in [0, 0.05) is 16.6 Å². The van der Waals surface area contributed by atoms with Crippen LogP contribution in [0, 0.1) is 0 Å². The van der Waals surface area contributed by atoms with Gasteiger partial charge in [0.05, 0.1) is 23.7 Å². The van der Waals surface area contributed by atoms with Crippen LogP contribution in [0.5, 0.6) is 0 Å². The van der Waals surface area contributed by atoms with Gasteiger partial charge >= 0.3 is 0 Å². The number of nitrogens with zero attached hydrogens (tertiary/aromatic N) is 2. The Labute approximate surface area is 104 Å². The van der Waals surface area contributed by atoms with Gasteiger partial charge in [0.1, 0.15) is 0 Å². The molecule has 90 valence electrons. The summed E-state index contributed by atoms with van der Waals surface area (Å²) < 4.78 is 24.8. The van der Waals surface area contributed by atoms with E-state index in [4.69, 9.17) is 0 Å². The average molecular weight is 307 g/mol. The SMILES string of the molecule is CCc1c(CBr)cnn1C1CCS(=O)(=O)C1. The molecule has 0 spiro atoms. The van der Waals surface area contributed by atoms with Crippen molar-refractivity contribution >= 4 is 25.8 Å². The smallest absolute Gasteiger partial charge is 0.152 e. The molecular weight excluding hydrogens is 292 g/mol. The molecule has 6 heteroatoms. The van der Waals surface area contributed by atoms with Gasteiger partial charge in [-0.2, -0.15) is 5.10 Å². The van der Waals surface area contributed by atoms with Gasteiger partial charge in [0.15, 0.2) is 9.84 Å². The normalized spacial score (nSPS) is 23.8. The van der Waals surface area contributed by atoms with Crippen LogP contribution in [-0.2, 0) is 21.6 Å². The predicted octanol–water partition coefficient (Wildman–Crippen LogP) is 1.70. The van der Waals surface area contributed by atoms with E-state index in [0.29, 0.717) is 12.2 Å².